The lowest BCUT2D eigenvalue weighted by molar-refractivity contribution is 0.309. The summed E-state index contributed by atoms with van der Waals surface area (Å²) >= 11 is 1.53. The number of aromatic nitrogens is 2. The van der Waals surface area contributed by atoms with Crippen molar-refractivity contribution in [3.8, 4) is 23.1 Å². The van der Waals surface area contributed by atoms with Crippen molar-refractivity contribution >= 4 is 11.8 Å². The molecule has 0 bridgehead atoms. The third kappa shape index (κ3) is 2.44. The minimum absolute atomic E-state index is 0.543. The Labute approximate surface area is 120 Å². The summed E-state index contributed by atoms with van der Waals surface area (Å²) in [5.74, 6) is 1.81. The molecular formula is C14H10N4OS. The van der Waals surface area contributed by atoms with Gasteiger partial charge in [0.1, 0.15) is 12.1 Å². The van der Waals surface area contributed by atoms with Crippen molar-refractivity contribution < 1.29 is 4.74 Å². The maximum absolute atomic E-state index is 9.02. The van der Waals surface area contributed by atoms with E-state index in [0.717, 1.165) is 11.1 Å². The van der Waals surface area contributed by atoms with Crippen LogP contribution in [0.1, 0.15) is 0 Å². The zero-order valence-corrected chi connectivity index (χ0v) is 11.2. The summed E-state index contributed by atoms with van der Waals surface area (Å²) in [6, 6.07) is 7.62. The van der Waals surface area contributed by atoms with Crippen LogP contribution in [0.15, 0.2) is 54.3 Å². The van der Waals surface area contributed by atoms with Gasteiger partial charge in [-0.3, -0.25) is 0 Å². The second kappa shape index (κ2) is 5.63. The molecule has 0 radical (unpaired) electrons. The number of nitriles is 1. The minimum atomic E-state index is 0.543. The summed E-state index contributed by atoms with van der Waals surface area (Å²) in [5, 5.41) is 10.9. The van der Waals surface area contributed by atoms with Crippen molar-refractivity contribution in [2.24, 2.45) is 0 Å². The minimum Gasteiger partial charge on any atom is -0.439 e. The molecule has 0 fully saturated rings. The van der Waals surface area contributed by atoms with Crippen molar-refractivity contribution in [1.82, 2.24) is 14.9 Å². The highest BCUT2D eigenvalue weighted by molar-refractivity contribution is 8.02. The van der Waals surface area contributed by atoms with E-state index in [1.165, 1.54) is 23.0 Å². The highest BCUT2D eigenvalue weighted by Gasteiger charge is 2.18. The Morgan fingerprint density at radius 3 is 2.85 bits per heavy atom. The van der Waals surface area contributed by atoms with Gasteiger partial charge in [0.2, 0.25) is 5.88 Å². The molecule has 1 aliphatic rings. The van der Waals surface area contributed by atoms with Gasteiger partial charge >= 0.3 is 0 Å². The molecule has 6 heteroatoms. The lowest BCUT2D eigenvalue weighted by Gasteiger charge is -2.15. The van der Waals surface area contributed by atoms with Crippen LogP contribution in [0.25, 0.3) is 11.1 Å². The van der Waals surface area contributed by atoms with Gasteiger partial charge in [-0.05, 0) is 6.07 Å². The fraction of sp³-hybridized carbons (Fsp3) is 0.0714. The van der Waals surface area contributed by atoms with Crippen LogP contribution in [0.2, 0.25) is 0 Å². The van der Waals surface area contributed by atoms with Crippen LogP contribution < -0.4 is 4.74 Å². The number of nitrogens with zero attached hydrogens (tertiary/aromatic N) is 4. The molecule has 0 saturated carbocycles. The summed E-state index contributed by atoms with van der Waals surface area (Å²) in [4.78, 5) is 9.54. The fourth-order valence-electron chi connectivity index (χ4n) is 1.81. The maximum Gasteiger partial charge on any atom is 0.216 e. The van der Waals surface area contributed by atoms with E-state index in [-0.39, 0.29) is 0 Å². The first-order valence-electron chi connectivity index (χ1n) is 5.90. The monoisotopic (exact) mass is 282 g/mol. The number of thioether (sulfide) groups is 1. The number of rotatable bonds is 3. The van der Waals surface area contributed by atoms with Gasteiger partial charge in [0.15, 0.2) is 6.19 Å². The molecule has 2 aromatic rings. The van der Waals surface area contributed by atoms with E-state index >= 15 is 0 Å². The molecule has 0 N–H and O–H groups in total. The summed E-state index contributed by atoms with van der Waals surface area (Å²) < 4.78 is 5.85. The molecule has 1 aromatic carbocycles. The van der Waals surface area contributed by atoms with Gasteiger partial charge < -0.3 is 4.74 Å². The first kappa shape index (κ1) is 12.5. The van der Waals surface area contributed by atoms with Gasteiger partial charge in [0.25, 0.3) is 0 Å². The van der Waals surface area contributed by atoms with Crippen LogP contribution in [0.3, 0.4) is 0 Å². The van der Waals surface area contributed by atoms with E-state index in [1.807, 2.05) is 29.7 Å². The SMILES string of the molecule is N#CN1CSC=C1Oc1ccccc1-c1cncnc1. The molecule has 0 aliphatic carbocycles. The molecule has 2 heterocycles. The number of hydrogen-bond acceptors (Lipinski definition) is 6. The average molecular weight is 282 g/mol. The fourth-order valence-corrected chi connectivity index (χ4v) is 2.54. The van der Waals surface area contributed by atoms with Crippen molar-refractivity contribution in [2.75, 3.05) is 5.88 Å². The highest BCUT2D eigenvalue weighted by atomic mass is 32.2. The quantitative estimate of drug-likeness (QED) is 0.807. The highest BCUT2D eigenvalue weighted by Crippen LogP contribution is 2.32. The van der Waals surface area contributed by atoms with Crippen molar-refractivity contribution in [1.29, 1.82) is 5.26 Å². The second-order valence-electron chi connectivity index (χ2n) is 4.01. The van der Waals surface area contributed by atoms with Crippen LogP contribution >= 0.6 is 11.8 Å². The molecule has 1 aromatic heterocycles. The number of ether oxygens (including phenoxy) is 1. The van der Waals surface area contributed by atoms with Gasteiger partial charge in [-0.1, -0.05) is 18.2 Å². The Hall–Kier alpha value is -2.52. The predicted octanol–water partition coefficient (Wildman–Crippen LogP) is 2.81. The number of hydrogen-bond donors (Lipinski definition) is 0. The molecule has 1 aliphatic heterocycles. The Bertz CT molecular complexity index is 681. The van der Waals surface area contributed by atoms with Gasteiger partial charge in [-0.15, -0.1) is 11.8 Å². The van der Waals surface area contributed by atoms with Gasteiger partial charge in [-0.25, -0.2) is 14.9 Å². The summed E-state index contributed by atoms with van der Waals surface area (Å²) in [6.45, 7) is 0. The zero-order valence-electron chi connectivity index (χ0n) is 10.4. The zero-order chi connectivity index (χ0) is 13.8. The van der Waals surface area contributed by atoms with Crippen LogP contribution in [-0.2, 0) is 0 Å². The molecule has 98 valence electrons. The molecule has 0 atom stereocenters. The van der Waals surface area contributed by atoms with Crippen LogP contribution in [-0.4, -0.2) is 20.7 Å². The largest absolute Gasteiger partial charge is 0.439 e. The van der Waals surface area contributed by atoms with E-state index in [4.69, 9.17) is 10.00 Å². The lowest BCUT2D eigenvalue weighted by atomic mass is 10.1. The Balaban J connectivity index is 1.94. The van der Waals surface area contributed by atoms with Gasteiger partial charge in [-0.2, -0.15) is 5.26 Å². The van der Waals surface area contributed by atoms with E-state index in [2.05, 4.69) is 16.2 Å². The van der Waals surface area contributed by atoms with Crippen LogP contribution in [0, 0.1) is 11.5 Å². The third-order valence-electron chi connectivity index (χ3n) is 2.75. The van der Waals surface area contributed by atoms with Crippen LogP contribution in [0.4, 0.5) is 0 Å². The lowest BCUT2D eigenvalue weighted by Crippen LogP contribution is -2.16. The van der Waals surface area contributed by atoms with E-state index in [0.29, 0.717) is 17.5 Å². The van der Waals surface area contributed by atoms with Crippen molar-refractivity contribution in [2.45, 2.75) is 0 Å². The first-order chi connectivity index (χ1) is 9.88. The van der Waals surface area contributed by atoms with Gasteiger partial charge in [0.05, 0.1) is 5.88 Å². The maximum atomic E-state index is 9.02. The molecule has 5 nitrogen and oxygen atoms in total. The van der Waals surface area contributed by atoms with E-state index in [1.54, 1.807) is 12.4 Å². The Kier molecular flexibility index (Phi) is 3.52. The summed E-state index contributed by atoms with van der Waals surface area (Å²) in [7, 11) is 0. The summed E-state index contributed by atoms with van der Waals surface area (Å²) in [5.41, 5.74) is 1.77. The van der Waals surface area contributed by atoms with Crippen molar-refractivity contribution in [3.63, 3.8) is 0 Å². The smallest absolute Gasteiger partial charge is 0.216 e. The normalized spacial score (nSPS) is 13.8. The molecular weight excluding hydrogens is 272 g/mol. The summed E-state index contributed by atoms with van der Waals surface area (Å²) in [6.07, 6.45) is 7.04. The topological polar surface area (TPSA) is 62.0 Å². The second-order valence-corrected chi connectivity index (χ2v) is 4.83. The molecule has 0 saturated heterocycles. The van der Waals surface area contributed by atoms with Gasteiger partial charge in [0, 0.05) is 28.9 Å². The Morgan fingerprint density at radius 1 is 1.25 bits per heavy atom. The van der Waals surface area contributed by atoms with E-state index < -0.39 is 0 Å². The standard InChI is InChI=1S/C14H10N4OS/c15-8-18-10-20-7-14(18)19-13-4-2-1-3-12(13)11-5-16-9-17-6-11/h1-7,9H,10H2. The van der Waals surface area contributed by atoms with Crippen molar-refractivity contribution in [3.05, 3.63) is 54.3 Å². The molecule has 20 heavy (non-hydrogen) atoms. The third-order valence-corrected chi connectivity index (χ3v) is 3.52. The molecule has 3 rings (SSSR count). The van der Waals surface area contributed by atoms with E-state index in [9.17, 15) is 0 Å². The first-order valence-corrected chi connectivity index (χ1v) is 6.94. The molecule has 0 spiro atoms. The van der Waals surface area contributed by atoms with Crippen LogP contribution in [0.5, 0.6) is 5.75 Å². The number of benzene rings is 1. The molecule has 0 amide bonds. The average Bonchev–Trinajstić information content (AvgIpc) is 2.96. The molecule has 0 unspecified atom stereocenters. The number of para-hydroxylation sites is 1. The Morgan fingerprint density at radius 2 is 2.05 bits per heavy atom. The predicted molar refractivity (Wildman–Crippen MR) is 76.1 cm³/mol.